The first kappa shape index (κ1) is 18.7. The first-order valence-corrected chi connectivity index (χ1v) is 9.99. The van der Waals surface area contributed by atoms with Gasteiger partial charge in [-0.15, -0.1) is 0 Å². The summed E-state index contributed by atoms with van der Waals surface area (Å²) in [5.41, 5.74) is 0.502. The molecule has 1 saturated carbocycles. The lowest BCUT2D eigenvalue weighted by molar-refractivity contribution is -0.131. The Morgan fingerprint density at radius 3 is 2.46 bits per heavy atom. The van der Waals surface area contributed by atoms with Crippen molar-refractivity contribution in [3.63, 3.8) is 0 Å². The monoisotopic (exact) mass is 358 g/mol. The molecule has 0 radical (unpaired) electrons. The zero-order chi connectivity index (χ0) is 18.4. The fourth-order valence-electron chi connectivity index (χ4n) is 4.15. The van der Waals surface area contributed by atoms with Gasteiger partial charge in [0.05, 0.1) is 0 Å². The van der Waals surface area contributed by atoms with Gasteiger partial charge in [0, 0.05) is 38.2 Å². The zero-order valence-corrected chi connectivity index (χ0v) is 15.5. The van der Waals surface area contributed by atoms with Gasteiger partial charge in [-0.3, -0.25) is 9.59 Å². The van der Waals surface area contributed by atoms with Crippen LogP contribution in [0, 0.1) is 5.92 Å². The molecule has 1 aromatic carbocycles. The van der Waals surface area contributed by atoms with Gasteiger partial charge >= 0.3 is 0 Å². The minimum Gasteiger partial charge on any atom is -0.508 e. The van der Waals surface area contributed by atoms with Gasteiger partial charge < -0.3 is 14.9 Å². The van der Waals surface area contributed by atoms with Crippen LogP contribution in [-0.2, 0) is 4.79 Å². The molecule has 1 saturated heterocycles. The Kier molecular flexibility index (Phi) is 6.53. The molecule has 26 heavy (non-hydrogen) atoms. The number of amides is 2. The molecule has 0 unspecified atom stereocenters. The van der Waals surface area contributed by atoms with Crippen LogP contribution in [-0.4, -0.2) is 52.9 Å². The first-order chi connectivity index (χ1) is 12.6. The highest BCUT2D eigenvalue weighted by Crippen LogP contribution is 2.27. The maximum Gasteiger partial charge on any atom is 0.254 e. The Morgan fingerprint density at radius 2 is 1.69 bits per heavy atom. The molecule has 1 aromatic rings. The maximum absolute atomic E-state index is 12.6. The molecule has 1 N–H and O–H groups in total. The standard InChI is InChI=1S/C21H30N2O3/c24-19-9-4-8-18(16-19)21(26)23-13-5-12-22(14-15-23)20(25)11-10-17-6-2-1-3-7-17/h4,8-9,16-17,24H,1-3,5-7,10-15H2. The largest absolute Gasteiger partial charge is 0.508 e. The van der Waals surface area contributed by atoms with Crippen molar-refractivity contribution >= 4 is 11.8 Å². The summed E-state index contributed by atoms with van der Waals surface area (Å²) < 4.78 is 0. The fourth-order valence-corrected chi connectivity index (χ4v) is 4.15. The molecule has 1 heterocycles. The highest BCUT2D eigenvalue weighted by Gasteiger charge is 2.23. The van der Waals surface area contributed by atoms with Gasteiger partial charge in [0.15, 0.2) is 0 Å². The third kappa shape index (κ3) is 4.99. The van der Waals surface area contributed by atoms with Crippen LogP contribution in [0.15, 0.2) is 24.3 Å². The Hall–Kier alpha value is -2.04. The van der Waals surface area contributed by atoms with Crippen LogP contribution in [0.4, 0.5) is 0 Å². The van der Waals surface area contributed by atoms with Crippen LogP contribution < -0.4 is 0 Å². The third-order valence-electron chi connectivity index (χ3n) is 5.72. The number of phenolic OH excluding ortho intramolecular Hbond substituents is 1. The minimum absolute atomic E-state index is 0.0718. The first-order valence-electron chi connectivity index (χ1n) is 9.99. The average molecular weight is 358 g/mol. The second kappa shape index (κ2) is 9.06. The molecular formula is C21H30N2O3. The highest BCUT2D eigenvalue weighted by molar-refractivity contribution is 5.94. The number of carbonyl (C=O) groups is 2. The molecule has 142 valence electrons. The van der Waals surface area contributed by atoms with E-state index in [1.165, 1.54) is 38.2 Å². The van der Waals surface area contributed by atoms with E-state index in [0.29, 0.717) is 31.6 Å². The molecule has 5 nitrogen and oxygen atoms in total. The molecule has 2 fully saturated rings. The fraction of sp³-hybridized carbons (Fsp3) is 0.619. The van der Waals surface area contributed by atoms with Crippen LogP contribution in [0.2, 0.25) is 0 Å². The number of phenols is 1. The van der Waals surface area contributed by atoms with E-state index in [9.17, 15) is 14.7 Å². The van der Waals surface area contributed by atoms with Gasteiger partial charge in [-0.25, -0.2) is 0 Å². The summed E-state index contributed by atoms with van der Waals surface area (Å²) >= 11 is 0. The van der Waals surface area contributed by atoms with Crippen molar-refractivity contribution < 1.29 is 14.7 Å². The molecule has 0 atom stereocenters. The third-order valence-corrected chi connectivity index (χ3v) is 5.72. The Morgan fingerprint density at radius 1 is 0.962 bits per heavy atom. The smallest absolute Gasteiger partial charge is 0.254 e. The molecule has 2 aliphatic rings. The van der Waals surface area contributed by atoms with E-state index in [0.717, 1.165) is 25.3 Å². The molecule has 5 heteroatoms. The maximum atomic E-state index is 12.6. The Bertz CT molecular complexity index is 625. The van der Waals surface area contributed by atoms with Crippen molar-refractivity contribution in [2.75, 3.05) is 26.2 Å². The topological polar surface area (TPSA) is 60.9 Å². The van der Waals surface area contributed by atoms with E-state index >= 15 is 0 Å². The summed E-state index contributed by atoms with van der Waals surface area (Å²) in [6.07, 6.45) is 8.99. The van der Waals surface area contributed by atoms with Crippen LogP contribution >= 0.6 is 0 Å². The van der Waals surface area contributed by atoms with Gasteiger partial charge in [0.2, 0.25) is 5.91 Å². The lowest BCUT2D eigenvalue weighted by Crippen LogP contribution is -2.37. The van der Waals surface area contributed by atoms with E-state index in [1.54, 1.807) is 23.1 Å². The summed E-state index contributed by atoms with van der Waals surface area (Å²) in [4.78, 5) is 28.9. The molecule has 0 aromatic heterocycles. The predicted octanol–water partition coefficient (Wildman–Crippen LogP) is 3.43. The second-order valence-corrected chi connectivity index (χ2v) is 7.62. The molecule has 3 rings (SSSR count). The van der Waals surface area contributed by atoms with Crippen molar-refractivity contribution in [3.8, 4) is 5.75 Å². The number of nitrogens with zero attached hydrogens (tertiary/aromatic N) is 2. The van der Waals surface area contributed by atoms with Crippen molar-refractivity contribution in [2.45, 2.75) is 51.4 Å². The number of carbonyl (C=O) groups excluding carboxylic acids is 2. The van der Waals surface area contributed by atoms with Crippen molar-refractivity contribution in [3.05, 3.63) is 29.8 Å². The number of rotatable bonds is 4. The lowest BCUT2D eigenvalue weighted by atomic mass is 9.86. The van der Waals surface area contributed by atoms with Crippen LogP contribution in [0.5, 0.6) is 5.75 Å². The van der Waals surface area contributed by atoms with Crippen LogP contribution in [0.25, 0.3) is 0 Å². The number of hydrogen-bond donors (Lipinski definition) is 1. The molecule has 0 bridgehead atoms. The SMILES string of the molecule is O=C(CCC1CCCCC1)N1CCCN(C(=O)c2cccc(O)c2)CC1. The van der Waals surface area contributed by atoms with Crippen molar-refractivity contribution in [1.82, 2.24) is 9.80 Å². The van der Waals surface area contributed by atoms with Crippen molar-refractivity contribution in [1.29, 1.82) is 0 Å². The molecular weight excluding hydrogens is 328 g/mol. The highest BCUT2D eigenvalue weighted by atomic mass is 16.3. The van der Waals surface area contributed by atoms with Gasteiger partial charge in [0.25, 0.3) is 5.91 Å². The second-order valence-electron chi connectivity index (χ2n) is 7.62. The summed E-state index contributed by atoms with van der Waals surface area (Å²) in [6.45, 7) is 2.55. The van der Waals surface area contributed by atoms with Crippen molar-refractivity contribution in [2.24, 2.45) is 5.92 Å². The van der Waals surface area contributed by atoms with Gasteiger partial charge in [-0.05, 0) is 37.0 Å². The predicted molar refractivity (Wildman–Crippen MR) is 101 cm³/mol. The molecule has 1 aliphatic carbocycles. The minimum atomic E-state index is -0.0718. The van der Waals surface area contributed by atoms with Gasteiger partial charge in [-0.1, -0.05) is 38.2 Å². The number of benzene rings is 1. The average Bonchev–Trinajstić information content (AvgIpc) is 2.92. The normalized spacial score (nSPS) is 19.2. The van der Waals surface area contributed by atoms with E-state index in [-0.39, 0.29) is 17.6 Å². The Balaban J connectivity index is 1.49. The van der Waals surface area contributed by atoms with Gasteiger partial charge in [0.1, 0.15) is 5.75 Å². The Labute approximate surface area is 156 Å². The number of hydrogen-bond acceptors (Lipinski definition) is 3. The van der Waals surface area contributed by atoms with E-state index < -0.39 is 0 Å². The summed E-state index contributed by atoms with van der Waals surface area (Å²) in [5, 5.41) is 9.57. The van der Waals surface area contributed by atoms with Crippen LogP contribution in [0.1, 0.15) is 61.7 Å². The number of aromatic hydroxyl groups is 1. The van der Waals surface area contributed by atoms with E-state index in [1.807, 2.05) is 4.90 Å². The van der Waals surface area contributed by atoms with E-state index in [4.69, 9.17) is 0 Å². The van der Waals surface area contributed by atoms with E-state index in [2.05, 4.69) is 0 Å². The zero-order valence-electron chi connectivity index (χ0n) is 15.5. The van der Waals surface area contributed by atoms with Crippen LogP contribution in [0.3, 0.4) is 0 Å². The molecule has 0 spiro atoms. The quantitative estimate of drug-likeness (QED) is 0.897. The molecule has 2 amide bonds. The lowest BCUT2D eigenvalue weighted by Gasteiger charge is -2.24. The summed E-state index contributed by atoms with van der Waals surface area (Å²) in [7, 11) is 0. The summed E-state index contributed by atoms with van der Waals surface area (Å²) in [6, 6.07) is 6.47. The molecule has 1 aliphatic heterocycles. The summed E-state index contributed by atoms with van der Waals surface area (Å²) in [5.74, 6) is 0.994. The van der Waals surface area contributed by atoms with Gasteiger partial charge in [-0.2, -0.15) is 0 Å².